The summed E-state index contributed by atoms with van der Waals surface area (Å²) in [7, 11) is 4.42. The van der Waals surface area contributed by atoms with Crippen molar-refractivity contribution in [2.45, 2.75) is 90.8 Å². The number of carbonyl (C=O) groups is 2. The summed E-state index contributed by atoms with van der Waals surface area (Å²) in [6, 6.07) is 17.5. The van der Waals surface area contributed by atoms with Gasteiger partial charge in [-0.25, -0.2) is 9.59 Å². The van der Waals surface area contributed by atoms with Crippen molar-refractivity contribution in [3.63, 3.8) is 0 Å². The average Bonchev–Trinajstić information content (AvgIpc) is 3.80. The van der Waals surface area contributed by atoms with Gasteiger partial charge in [0.2, 0.25) is 0 Å². The fourth-order valence-electron chi connectivity index (χ4n) is 7.65. The van der Waals surface area contributed by atoms with Crippen molar-refractivity contribution >= 4 is 35.3 Å². The highest BCUT2D eigenvalue weighted by Gasteiger charge is 2.44. The molecule has 2 aromatic carbocycles. The highest BCUT2D eigenvalue weighted by atomic mass is 35.5. The number of nitrogens with one attached hydrogen (secondary N) is 1. The highest BCUT2D eigenvalue weighted by molar-refractivity contribution is 6.31. The number of rotatable bonds is 6. The van der Waals surface area contributed by atoms with E-state index in [2.05, 4.69) is 47.4 Å². The number of likely N-dealkylation sites (tertiary alicyclic amines) is 1. The molecule has 1 amide bonds. The van der Waals surface area contributed by atoms with E-state index in [-0.39, 0.29) is 13.5 Å². The number of fused-ring (bicyclic) bond motifs is 2. The lowest BCUT2D eigenvalue weighted by molar-refractivity contribution is -0.192. The first-order chi connectivity index (χ1) is 23.4. The number of carboxylic acids is 1. The molecule has 51 heavy (non-hydrogen) atoms. The van der Waals surface area contributed by atoms with E-state index in [9.17, 15) is 18.0 Å². The Morgan fingerprint density at radius 3 is 1.53 bits per heavy atom. The van der Waals surface area contributed by atoms with Gasteiger partial charge in [-0.1, -0.05) is 67.0 Å². The second kappa shape index (κ2) is 18.5. The first-order valence-corrected chi connectivity index (χ1v) is 18.0. The molecule has 0 radical (unpaired) electrons. The van der Waals surface area contributed by atoms with E-state index in [1.165, 1.54) is 37.1 Å². The van der Waals surface area contributed by atoms with E-state index in [4.69, 9.17) is 37.8 Å². The van der Waals surface area contributed by atoms with Crippen LogP contribution in [-0.4, -0.2) is 96.0 Å². The number of nitrogens with zero attached hydrogens (tertiary/aromatic N) is 3. The molecule has 2 aromatic rings. The van der Waals surface area contributed by atoms with Crippen LogP contribution in [0.15, 0.2) is 48.5 Å². The molecule has 2 aliphatic carbocycles. The zero-order chi connectivity index (χ0) is 36.8. The summed E-state index contributed by atoms with van der Waals surface area (Å²) in [6.07, 6.45) is -0.268. The molecule has 4 fully saturated rings. The van der Waals surface area contributed by atoms with E-state index in [1.807, 2.05) is 56.0 Å². The predicted octanol–water partition coefficient (Wildman–Crippen LogP) is 8.46. The van der Waals surface area contributed by atoms with Gasteiger partial charge in [0.25, 0.3) is 0 Å². The summed E-state index contributed by atoms with van der Waals surface area (Å²) in [5.41, 5.74) is 2.00. The van der Waals surface area contributed by atoms with Crippen LogP contribution in [0.4, 0.5) is 18.0 Å². The fourth-order valence-corrected chi connectivity index (χ4v) is 8.04. The zero-order valence-electron chi connectivity index (χ0n) is 29.6. The molecule has 2 aliphatic heterocycles. The number of ether oxygens (including phenoxy) is 1. The van der Waals surface area contributed by atoms with Gasteiger partial charge in [-0.2, -0.15) is 13.2 Å². The minimum Gasteiger partial charge on any atom is -0.475 e. The van der Waals surface area contributed by atoms with Crippen LogP contribution in [0.5, 0.6) is 0 Å². The van der Waals surface area contributed by atoms with Crippen molar-refractivity contribution in [3.05, 3.63) is 69.7 Å². The van der Waals surface area contributed by atoms with Crippen LogP contribution < -0.4 is 5.32 Å². The summed E-state index contributed by atoms with van der Waals surface area (Å²) in [6.45, 7) is 11.7. The number of alkyl halides is 3. The lowest BCUT2D eigenvalue weighted by atomic mass is 10.0. The normalized spacial score (nSPS) is 25.3. The van der Waals surface area contributed by atoms with E-state index in [0.717, 1.165) is 66.9 Å². The van der Waals surface area contributed by atoms with Gasteiger partial charge < -0.3 is 20.1 Å². The van der Waals surface area contributed by atoms with E-state index < -0.39 is 17.7 Å². The largest absolute Gasteiger partial charge is 0.490 e. The van der Waals surface area contributed by atoms with E-state index >= 15 is 0 Å². The SMILES string of the molecule is C.CN(Cc1ccccc1Cl)C1C[C@@H]2CN(C(=O)OC(C)(C)C)C[C@@H]2C1.CN(Cc1ccccc1Cl)C1C[C@H]2CNC[C@H]2C1.O=C(O)C(F)(F)F. The van der Waals surface area contributed by atoms with Gasteiger partial charge in [0.05, 0.1) is 0 Å². The Kier molecular flexibility index (Phi) is 15.5. The molecule has 8 nitrogen and oxygen atoms in total. The molecule has 6 atom stereocenters. The number of carboxylic acid groups (broad SMARTS) is 1. The lowest BCUT2D eigenvalue weighted by Gasteiger charge is -2.28. The molecule has 6 rings (SSSR count). The summed E-state index contributed by atoms with van der Waals surface area (Å²) < 4.78 is 37.3. The molecular formula is C38H55Cl2F3N4O4. The summed E-state index contributed by atoms with van der Waals surface area (Å²) in [4.78, 5) is 28.0. The maximum atomic E-state index is 12.3. The third kappa shape index (κ3) is 12.5. The van der Waals surface area contributed by atoms with Crippen LogP contribution in [-0.2, 0) is 22.6 Å². The fraction of sp³-hybridized carbons (Fsp3) is 0.632. The summed E-state index contributed by atoms with van der Waals surface area (Å²) >= 11 is 12.5. The van der Waals surface area contributed by atoms with Crippen molar-refractivity contribution in [1.29, 1.82) is 0 Å². The molecule has 13 heteroatoms. The third-order valence-corrected chi connectivity index (χ3v) is 11.0. The van der Waals surface area contributed by atoms with Crippen molar-refractivity contribution < 1.29 is 32.6 Å². The van der Waals surface area contributed by atoms with Gasteiger partial charge in [-0.15, -0.1) is 0 Å². The van der Waals surface area contributed by atoms with Gasteiger partial charge in [0, 0.05) is 48.3 Å². The second-order valence-corrected chi connectivity index (χ2v) is 16.0. The lowest BCUT2D eigenvalue weighted by Crippen LogP contribution is -2.37. The van der Waals surface area contributed by atoms with Crippen molar-refractivity contribution in [1.82, 2.24) is 20.0 Å². The maximum Gasteiger partial charge on any atom is 0.490 e. The Balaban J connectivity index is 0.000000236. The van der Waals surface area contributed by atoms with E-state index in [0.29, 0.717) is 17.9 Å². The van der Waals surface area contributed by atoms with E-state index in [1.54, 1.807) is 0 Å². The number of carbonyl (C=O) groups excluding carboxylic acids is 1. The molecule has 2 heterocycles. The van der Waals surface area contributed by atoms with Crippen molar-refractivity contribution in [3.8, 4) is 0 Å². The van der Waals surface area contributed by atoms with Crippen LogP contribution >= 0.6 is 23.2 Å². The minimum atomic E-state index is -5.08. The number of amides is 1. The molecule has 286 valence electrons. The highest BCUT2D eigenvalue weighted by Crippen LogP contribution is 2.41. The predicted molar refractivity (Wildman–Crippen MR) is 197 cm³/mol. The van der Waals surface area contributed by atoms with Gasteiger partial charge in [-0.05, 0) is 121 Å². The third-order valence-electron chi connectivity index (χ3n) is 10.3. The summed E-state index contributed by atoms with van der Waals surface area (Å²) in [5, 5.41) is 12.4. The maximum absolute atomic E-state index is 12.3. The van der Waals surface area contributed by atoms with Crippen LogP contribution in [0, 0.1) is 23.7 Å². The molecular weight excluding hydrogens is 704 g/mol. The van der Waals surface area contributed by atoms with Crippen LogP contribution in [0.2, 0.25) is 10.0 Å². The quantitative estimate of drug-likeness (QED) is 0.306. The Morgan fingerprint density at radius 2 is 1.18 bits per heavy atom. The van der Waals surface area contributed by atoms with Gasteiger partial charge in [-0.3, -0.25) is 9.80 Å². The molecule has 2 unspecified atom stereocenters. The Labute approximate surface area is 311 Å². The topological polar surface area (TPSA) is 85.4 Å². The van der Waals surface area contributed by atoms with Crippen molar-refractivity contribution in [2.75, 3.05) is 40.3 Å². The van der Waals surface area contributed by atoms with Gasteiger partial charge in [0.1, 0.15) is 5.60 Å². The van der Waals surface area contributed by atoms with Gasteiger partial charge in [0.15, 0.2) is 0 Å². The molecule has 0 spiro atoms. The molecule has 2 N–H and O–H groups in total. The van der Waals surface area contributed by atoms with Crippen LogP contribution in [0.25, 0.3) is 0 Å². The molecule has 2 saturated heterocycles. The van der Waals surface area contributed by atoms with Crippen LogP contribution in [0.1, 0.15) is 65.0 Å². The molecule has 0 bridgehead atoms. The second-order valence-electron chi connectivity index (χ2n) is 15.2. The molecule has 2 saturated carbocycles. The number of hydrogen-bond donors (Lipinski definition) is 2. The van der Waals surface area contributed by atoms with Crippen LogP contribution in [0.3, 0.4) is 0 Å². The van der Waals surface area contributed by atoms with Crippen molar-refractivity contribution in [2.24, 2.45) is 23.7 Å². The number of benzene rings is 2. The zero-order valence-corrected chi connectivity index (χ0v) is 31.1. The smallest absolute Gasteiger partial charge is 0.475 e. The first kappa shape index (κ1) is 42.8. The minimum absolute atomic E-state index is 0. The Morgan fingerprint density at radius 1 is 0.804 bits per heavy atom. The average molecular weight is 760 g/mol. The molecule has 4 aliphatic rings. The number of aliphatic carboxylic acids is 1. The summed E-state index contributed by atoms with van der Waals surface area (Å²) in [5.74, 6) is 0.234. The Bertz CT molecular complexity index is 1420. The first-order valence-electron chi connectivity index (χ1n) is 17.3. The number of halogens is 5. The number of hydrogen-bond acceptors (Lipinski definition) is 6. The molecule has 0 aromatic heterocycles. The Hall–Kier alpha value is -2.57. The van der Waals surface area contributed by atoms with Gasteiger partial charge >= 0.3 is 18.2 Å². The monoisotopic (exact) mass is 758 g/mol. The standard InChI is InChI=1S/C20H29ClN2O2.C15H21ClN2.C2HF3O2.CH4/c1-20(2,3)25-19(24)23-12-15-9-17(10-16(15)13-23)22(4)11-14-7-5-6-8-18(14)21;1-18(10-11-4-2-3-5-15(11)16)14-6-12-8-17-9-13(12)7-14;3-2(4,5)1(6)7;/h5-8,15-17H,9-13H2,1-4H3;2-5,12-14,17H,6-10H2,1H3;(H,6,7);1H4/t15-,16+,17?;12-,13+,14?;;.